The molecular weight excluding hydrogens is 422 g/mol. The molecule has 2 heterocycles. The molecular formula is C28H25N5O. The fraction of sp³-hybridized carbons (Fsp3) is 0.143. The van der Waals surface area contributed by atoms with Crippen LogP contribution in [0.3, 0.4) is 0 Å². The molecule has 6 nitrogen and oxygen atoms in total. The zero-order valence-electron chi connectivity index (χ0n) is 18.9. The lowest BCUT2D eigenvalue weighted by Crippen LogP contribution is -2.00. The summed E-state index contributed by atoms with van der Waals surface area (Å²) in [6, 6.07) is 28.9. The van der Waals surface area contributed by atoms with Gasteiger partial charge in [0.15, 0.2) is 0 Å². The van der Waals surface area contributed by atoms with Crippen molar-refractivity contribution in [2.24, 2.45) is 0 Å². The van der Waals surface area contributed by atoms with Crippen molar-refractivity contribution in [3.8, 4) is 5.75 Å². The molecule has 2 aromatic heterocycles. The number of hydrogen-bond donors (Lipinski definition) is 1. The van der Waals surface area contributed by atoms with Crippen molar-refractivity contribution in [3.05, 3.63) is 113 Å². The molecule has 5 rings (SSSR count). The average Bonchev–Trinajstić information content (AvgIpc) is 3.40. The van der Waals surface area contributed by atoms with Crippen LogP contribution >= 0.6 is 0 Å². The van der Waals surface area contributed by atoms with Gasteiger partial charge in [-0.25, -0.2) is 10.1 Å². The predicted octanol–water partition coefficient (Wildman–Crippen LogP) is 5.84. The Kier molecular flexibility index (Phi) is 6.38. The number of aromatic amines is 1. The van der Waals surface area contributed by atoms with Gasteiger partial charge in [0, 0.05) is 11.8 Å². The molecule has 0 bridgehead atoms. The molecule has 34 heavy (non-hydrogen) atoms. The Morgan fingerprint density at radius 3 is 2.59 bits per heavy atom. The maximum atomic E-state index is 6.01. The number of H-pyrrole nitrogens is 1. The van der Waals surface area contributed by atoms with Crippen LogP contribution in [0.1, 0.15) is 41.1 Å². The molecule has 0 fully saturated rings. The van der Waals surface area contributed by atoms with Crippen LogP contribution in [0.2, 0.25) is 0 Å². The number of ether oxygens (including phenoxy) is 1. The van der Waals surface area contributed by atoms with Gasteiger partial charge in [-0.3, -0.25) is 0 Å². The van der Waals surface area contributed by atoms with Crippen LogP contribution in [0.15, 0.2) is 84.9 Å². The Labute approximate surface area is 198 Å². The largest absolute Gasteiger partial charge is 0.487 e. The van der Waals surface area contributed by atoms with Gasteiger partial charge in [0.25, 0.3) is 0 Å². The fourth-order valence-electron chi connectivity index (χ4n) is 3.86. The van der Waals surface area contributed by atoms with E-state index in [1.807, 2.05) is 42.5 Å². The highest BCUT2D eigenvalue weighted by Crippen LogP contribution is 2.21. The summed E-state index contributed by atoms with van der Waals surface area (Å²) in [6.45, 7) is 2.61. The van der Waals surface area contributed by atoms with E-state index in [1.165, 1.54) is 5.56 Å². The van der Waals surface area contributed by atoms with Crippen molar-refractivity contribution in [2.75, 3.05) is 0 Å². The second-order valence-electron chi connectivity index (χ2n) is 8.31. The van der Waals surface area contributed by atoms with Crippen LogP contribution in [0.5, 0.6) is 5.75 Å². The van der Waals surface area contributed by atoms with Crippen LogP contribution in [-0.2, 0) is 13.0 Å². The van der Waals surface area contributed by atoms with E-state index < -0.39 is 0 Å². The Morgan fingerprint density at radius 2 is 1.74 bits per heavy atom. The highest BCUT2D eigenvalue weighted by Gasteiger charge is 2.09. The van der Waals surface area contributed by atoms with Crippen LogP contribution < -0.4 is 4.74 Å². The van der Waals surface area contributed by atoms with Gasteiger partial charge in [-0.1, -0.05) is 79.7 Å². The molecule has 0 aliphatic heterocycles. The fourth-order valence-corrected chi connectivity index (χ4v) is 3.86. The summed E-state index contributed by atoms with van der Waals surface area (Å²) in [5.41, 5.74) is 5.37. The van der Waals surface area contributed by atoms with Crippen molar-refractivity contribution in [1.82, 2.24) is 25.6 Å². The van der Waals surface area contributed by atoms with E-state index in [4.69, 9.17) is 4.74 Å². The standard InChI is InChI=1S/C28H25N5O/c1-20(17-28-30-32-33-31-28)23-13-11-21(12-14-23)9-10-22-5-4-7-26(18-22)34-19-25-16-15-24-6-2-3-8-27(24)29-25/h2-16,18,20H,17,19H2,1H3,(H,30,31,32,33). The summed E-state index contributed by atoms with van der Waals surface area (Å²) in [5, 5.41) is 15.2. The minimum absolute atomic E-state index is 0.332. The lowest BCUT2D eigenvalue weighted by Gasteiger charge is -2.10. The van der Waals surface area contributed by atoms with E-state index >= 15 is 0 Å². The third kappa shape index (κ3) is 5.35. The third-order valence-corrected chi connectivity index (χ3v) is 5.76. The van der Waals surface area contributed by atoms with Gasteiger partial charge in [0.05, 0.1) is 11.2 Å². The molecule has 1 atom stereocenters. The van der Waals surface area contributed by atoms with Crippen molar-refractivity contribution < 1.29 is 4.74 Å². The van der Waals surface area contributed by atoms with Crippen LogP contribution in [0, 0.1) is 0 Å². The maximum absolute atomic E-state index is 6.01. The first-order valence-electron chi connectivity index (χ1n) is 11.3. The van der Waals surface area contributed by atoms with Gasteiger partial charge >= 0.3 is 0 Å². The molecule has 1 N–H and O–H groups in total. The molecule has 3 aromatic carbocycles. The second kappa shape index (κ2) is 10.1. The zero-order chi connectivity index (χ0) is 23.2. The molecule has 5 aromatic rings. The molecule has 0 radical (unpaired) electrons. The molecule has 0 aliphatic rings. The molecule has 0 spiro atoms. The second-order valence-corrected chi connectivity index (χ2v) is 8.31. The summed E-state index contributed by atoms with van der Waals surface area (Å²) in [4.78, 5) is 4.68. The molecule has 1 unspecified atom stereocenters. The van der Waals surface area contributed by atoms with E-state index in [-0.39, 0.29) is 0 Å². The van der Waals surface area contributed by atoms with E-state index in [0.29, 0.717) is 12.5 Å². The van der Waals surface area contributed by atoms with Crippen LogP contribution in [0.25, 0.3) is 23.1 Å². The molecule has 6 heteroatoms. The molecule has 168 valence electrons. The Bertz CT molecular complexity index is 1390. The van der Waals surface area contributed by atoms with Gasteiger partial charge in [-0.05, 0) is 57.3 Å². The normalized spacial score (nSPS) is 12.3. The van der Waals surface area contributed by atoms with E-state index in [2.05, 4.69) is 87.1 Å². The number of hydrogen-bond acceptors (Lipinski definition) is 5. The molecule has 0 aliphatic carbocycles. The number of tetrazole rings is 1. The minimum Gasteiger partial charge on any atom is -0.487 e. The monoisotopic (exact) mass is 447 g/mol. The first-order valence-corrected chi connectivity index (χ1v) is 11.3. The predicted molar refractivity (Wildman–Crippen MR) is 134 cm³/mol. The number of benzene rings is 3. The maximum Gasteiger partial charge on any atom is 0.149 e. The van der Waals surface area contributed by atoms with E-state index in [0.717, 1.165) is 45.7 Å². The van der Waals surface area contributed by atoms with Gasteiger partial charge in [-0.2, -0.15) is 0 Å². The highest BCUT2D eigenvalue weighted by molar-refractivity contribution is 5.78. The highest BCUT2D eigenvalue weighted by atomic mass is 16.5. The van der Waals surface area contributed by atoms with Gasteiger partial charge in [0.1, 0.15) is 18.2 Å². The quantitative estimate of drug-likeness (QED) is 0.302. The van der Waals surface area contributed by atoms with E-state index in [9.17, 15) is 0 Å². The summed E-state index contributed by atoms with van der Waals surface area (Å²) < 4.78 is 6.01. The van der Waals surface area contributed by atoms with Crippen LogP contribution in [0.4, 0.5) is 0 Å². The Hall–Kier alpha value is -4.32. The third-order valence-electron chi connectivity index (χ3n) is 5.76. The number of rotatable bonds is 8. The SMILES string of the molecule is CC(Cc1nnn[nH]1)c1ccc(C=Cc2cccc(OCc3ccc4ccccc4n3)c2)cc1. The lowest BCUT2D eigenvalue weighted by atomic mass is 9.96. The topological polar surface area (TPSA) is 76.6 Å². The van der Waals surface area contributed by atoms with E-state index in [1.54, 1.807) is 0 Å². The first-order chi connectivity index (χ1) is 16.7. The first kappa shape index (κ1) is 21.5. The molecule has 0 amide bonds. The Balaban J connectivity index is 1.20. The van der Waals surface area contributed by atoms with Crippen molar-refractivity contribution in [3.63, 3.8) is 0 Å². The smallest absolute Gasteiger partial charge is 0.149 e. The zero-order valence-corrected chi connectivity index (χ0v) is 18.9. The summed E-state index contributed by atoms with van der Waals surface area (Å²) in [5.74, 6) is 1.96. The van der Waals surface area contributed by atoms with Crippen molar-refractivity contribution in [1.29, 1.82) is 0 Å². The van der Waals surface area contributed by atoms with Crippen molar-refractivity contribution >= 4 is 23.1 Å². The van der Waals surface area contributed by atoms with Crippen LogP contribution in [-0.4, -0.2) is 25.6 Å². The number of nitrogens with one attached hydrogen (secondary N) is 1. The number of fused-ring (bicyclic) bond motifs is 1. The number of para-hydroxylation sites is 1. The van der Waals surface area contributed by atoms with Gasteiger partial charge in [-0.15, -0.1) is 5.10 Å². The number of pyridine rings is 1. The molecule has 0 saturated heterocycles. The summed E-state index contributed by atoms with van der Waals surface area (Å²) in [7, 11) is 0. The van der Waals surface area contributed by atoms with Crippen molar-refractivity contribution in [2.45, 2.75) is 25.9 Å². The van der Waals surface area contributed by atoms with Gasteiger partial charge in [0.2, 0.25) is 0 Å². The minimum atomic E-state index is 0.332. The number of nitrogens with zero attached hydrogens (tertiary/aromatic N) is 4. The lowest BCUT2D eigenvalue weighted by molar-refractivity contribution is 0.302. The summed E-state index contributed by atoms with van der Waals surface area (Å²) in [6.07, 6.45) is 4.99. The summed E-state index contributed by atoms with van der Waals surface area (Å²) >= 11 is 0. The Morgan fingerprint density at radius 1 is 0.882 bits per heavy atom. The van der Waals surface area contributed by atoms with Gasteiger partial charge < -0.3 is 4.74 Å². The molecule has 0 saturated carbocycles. The average molecular weight is 448 g/mol. The number of aromatic nitrogens is 5.